The van der Waals surface area contributed by atoms with Crippen LogP contribution in [0.15, 0.2) is 24.3 Å². The van der Waals surface area contributed by atoms with E-state index in [9.17, 15) is 0 Å². The number of rotatable bonds is 6. The first-order valence-electron chi connectivity index (χ1n) is 6.75. The number of hydrogen-bond donors (Lipinski definition) is 2. The monoisotopic (exact) mass is 288 g/mol. The molecule has 0 aliphatic heterocycles. The van der Waals surface area contributed by atoms with Gasteiger partial charge in [-0.05, 0) is 12.1 Å². The molecular weight excluding hydrogens is 268 g/mol. The van der Waals surface area contributed by atoms with Crippen LogP contribution in [0.25, 0.3) is 0 Å². The van der Waals surface area contributed by atoms with Crippen LogP contribution < -0.4 is 20.1 Å². The molecule has 0 unspecified atom stereocenters. The van der Waals surface area contributed by atoms with Crippen molar-refractivity contribution in [3.8, 4) is 11.5 Å². The van der Waals surface area contributed by atoms with Crippen LogP contribution in [-0.2, 0) is 6.42 Å². The SMILES string of the molecule is CCc1nc(NC)cc(Nc2ccc(OC)c(OC)c2)n1. The number of anilines is 3. The Balaban J connectivity index is 2.29. The van der Waals surface area contributed by atoms with Crippen LogP contribution in [0.4, 0.5) is 17.3 Å². The number of methoxy groups -OCH3 is 2. The normalized spacial score (nSPS) is 10.1. The highest BCUT2D eigenvalue weighted by Gasteiger charge is 2.07. The lowest BCUT2D eigenvalue weighted by Gasteiger charge is -2.12. The standard InChI is InChI=1S/C15H20N4O2/c1-5-13-18-14(16-2)9-15(19-13)17-10-6-7-11(20-3)12(8-10)21-4/h6-9H,5H2,1-4H3,(H2,16,17,18,19). The summed E-state index contributed by atoms with van der Waals surface area (Å²) < 4.78 is 10.5. The van der Waals surface area contributed by atoms with Gasteiger partial charge in [0.15, 0.2) is 11.5 Å². The van der Waals surface area contributed by atoms with Gasteiger partial charge in [0, 0.05) is 31.3 Å². The van der Waals surface area contributed by atoms with Gasteiger partial charge in [-0.2, -0.15) is 0 Å². The van der Waals surface area contributed by atoms with Crippen molar-refractivity contribution in [3.63, 3.8) is 0 Å². The van der Waals surface area contributed by atoms with Crippen LogP contribution in [0, 0.1) is 0 Å². The Morgan fingerprint density at radius 2 is 1.71 bits per heavy atom. The molecule has 0 atom stereocenters. The molecule has 0 bridgehead atoms. The van der Waals surface area contributed by atoms with Gasteiger partial charge in [0.25, 0.3) is 0 Å². The van der Waals surface area contributed by atoms with Crippen LogP contribution in [0.5, 0.6) is 11.5 Å². The lowest BCUT2D eigenvalue weighted by Crippen LogP contribution is -2.03. The molecule has 0 saturated carbocycles. The molecule has 0 radical (unpaired) electrons. The van der Waals surface area contributed by atoms with E-state index in [0.717, 1.165) is 29.6 Å². The van der Waals surface area contributed by atoms with E-state index in [0.29, 0.717) is 11.5 Å². The maximum atomic E-state index is 5.29. The van der Waals surface area contributed by atoms with Crippen molar-refractivity contribution >= 4 is 17.3 Å². The van der Waals surface area contributed by atoms with Gasteiger partial charge in [-0.1, -0.05) is 6.92 Å². The van der Waals surface area contributed by atoms with E-state index in [-0.39, 0.29) is 0 Å². The van der Waals surface area contributed by atoms with Crippen molar-refractivity contribution in [2.24, 2.45) is 0 Å². The minimum atomic E-state index is 0.668. The summed E-state index contributed by atoms with van der Waals surface area (Å²) >= 11 is 0. The summed E-state index contributed by atoms with van der Waals surface area (Å²) in [5.74, 6) is 3.66. The van der Waals surface area contributed by atoms with Crippen LogP contribution >= 0.6 is 0 Å². The summed E-state index contributed by atoms with van der Waals surface area (Å²) in [6.07, 6.45) is 0.774. The van der Waals surface area contributed by atoms with Crippen molar-refractivity contribution < 1.29 is 9.47 Å². The first kappa shape index (κ1) is 14.9. The number of aryl methyl sites for hydroxylation is 1. The van der Waals surface area contributed by atoms with Gasteiger partial charge in [0.2, 0.25) is 0 Å². The summed E-state index contributed by atoms with van der Waals surface area (Å²) in [7, 11) is 5.06. The third-order valence-corrected chi connectivity index (χ3v) is 3.00. The zero-order chi connectivity index (χ0) is 15.2. The zero-order valence-corrected chi connectivity index (χ0v) is 12.7. The molecule has 0 aliphatic carbocycles. The van der Waals surface area contributed by atoms with Gasteiger partial charge >= 0.3 is 0 Å². The molecule has 2 aromatic rings. The molecule has 0 aliphatic rings. The fourth-order valence-corrected chi connectivity index (χ4v) is 1.91. The minimum absolute atomic E-state index is 0.668. The Hall–Kier alpha value is -2.50. The maximum absolute atomic E-state index is 5.29. The Kier molecular flexibility index (Phi) is 4.81. The molecule has 6 nitrogen and oxygen atoms in total. The lowest BCUT2D eigenvalue weighted by molar-refractivity contribution is 0.355. The van der Waals surface area contributed by atoms with Gasteiger partial charge in [-0.3, -0.25) is 0 Å². The largest absolute Gasteiger partial charge is 0.493 e. The van der Waals surface area contributed by atoms with Gasteiger partial charge in [0.05, 0.1) is 14.2 Å². The molecule has 0 spiro atoms. The third kappa shape index (κ3) is 3.53. The highest BCUT2D eigenvalue weighted by molar-refractivity contribution is 5.63. The maximum Gasteiger partial charge on any atom is 0.162 e. The van der Waals surface area contributed by atoms with Crippen LogP contribution in [-0.4, -0.2) is 31.2 Å². The number of nitrogens with one attached hydrogen (secondary N) is 2. The van der Waals surface area contributed by atoms with Crippen molar-refractivity contribution in [1.82, 2.24) is 9.97 Å². The van der Waals surface area contributed by atoms with E-state index >= 15 is 0 Å². The molecule has 2 N–H and O–H groups in total. The summed E-state index contributed by atoms with van der Waals surface area (Å²) in [5.41, 5.74) is 0.871. The van der Waals surface area contributed by atoms with Gasteiger partial charge in [0.1, 0.15) is 17.5 Å². The third-order valence-electron chi connectivity index (χ3n) is 3.00. The van der Waals surface area contributed by atoms with Crippen LogP contribution in [0.1, 0.15) is 12.7 Å². The van der Waals surface area contributed by atoms with Gasteiger partial charge < -0.3 is 20.1 Å². The van der Waals surface area contributed by atoms with E-state index in [4.69, 9.17) is 9.47 Å². The van der Waals surface area contributed by atoms with E-state index < -0.39 is 0 Å². The number of nitrogens with zero attached hydrogens (tertiary/aromatic N) is 2. The summed E-state index contributed by atoms with van der Waals surface area (Å²) in [6.45, 7) is 2.02. The highest BCUT2D eigenvalue weighted by atomic mass is 16.5. The van der Waals surface area contributed by atoms with E-state index in [1.165, 1.54) is 0 Å². The van der Waals surface area contributed by atoms with Crippen molar-refractivity contribution in [3.05, 3.63) is 30.1 Å². The summed E-state index contributed by atoms with van der Waals surface area (Å²) in [5, 5.41) is 6.29. The first-order chi connectivity index (χ1) is 10.2. The average molecular weight is 288 g/mol. The predicted molar refractivity (Wildman–Crippen MR) is 83.8 cm³/mol. The molecule has 1 aromatic heterocycles. The van der Waals surface area contributed by atoms with Crippen LogP contribution in [0.3, 0.4) is 0 Å². The second kappa shape index (κ2) is 6.78. The number of ether oxygens (including phenoxy) is 2. The molecule has 0 fully saturated rings. The Morgan fingerprint density at radius 3 is 2.33 bits per heavy atom. The highest BCUT2D eigenvalue weighted by Crippen LogP contribution is 2.31. The van der Waals surface area contributed by atoms with Crippen molar-refractivity contribution in [1.29, 1.82) is 0 Å². The average Bonchev–Trinajstić information content (AvgIpc) is 2.54. The fraction of sp³-hybridized carbons (Fsp3) is 0.333. The van der Waals surface area contributed by atoms with Crippen molar-refractivity contribution in [2.45, 2.75) is 13.3 Å². The second-order valence-corrected chi connectivity index (χ2v) is 4.35. The Bertz CT molecular complexity index is 594. The predicted octanol–water partition coefficient (Wildman–Crippen LogP) is 2.84. The van der Waals surface area contributed by atoms with Gasteiger partial charge in [-0.25, -0.2) is 9.97 Å². The zero-order valence-electron chi connectivity index (χ0n) is 12.7. The first-order valence-corrected chi connectivity index (χ1v) is 6.75. The number of benzene rings is 1. The van der Waals surface area contributed by atoms with Crippen molar-refractivity contribution in [2.75, 3.05) is 31.9 Å². The number of aromatic nitrogens is 2. The molecular formula is C15H20N4O2. The quantitative estimate of drug-likeness (QED) is 0.852. The second-order valence-electron chi connectivity index (χ2n) is 4.35. The van der Waals surface area contributed by atoms with E-state index in [1.54, 1.807) is 14.2 Å². The molecule has 112 valence electrons. The minimum Gasteiger partial charge on any atom is -0.493 e. The fourth-order valence-electron chi connectivity index (χ4n) is 1.91. The Morgan fingerprint density at radius 1 is 1.00 bits per heavy atom. The van der Waals surface area contributed by atoms with E-state index in [1.807, 2.05) is 38.2 Å². The molecule has 0 saturated heterocycles. The topological polar surface area (TPSA) is 68.3 Å². The Labute approximate surface area is 124 Å². The molecule has 1 heterocycles. The van der Waals surface area contributed by atoms with E-state index in [2.05, 4.69) is 20.6 Å². The molecule has 1 aromatic carbocycles. The molecule has 2 rings (SSSR count). The number of hydrogen-bond acceptors (Lipinski definition) is 6. The molecule has 0 amide bonds. The lowest BCUT2D eigenvalue weighted by atomic mass is 10.2. The van der Waals surface area contributed by atoms with Gasteiger partial charge in [-0.15, -0.1) is 0 Å². The molecule has 6 heteroatoms. The summed E-state index contributed by atoms with van der Waals surface area (Å²) in [6, 6.07) is 7.48. The van der Waals surface area contributed by atoms with Crippen LogP contribution in [0.2, 0.25) is 0 Å². The molecule has 21 heavy (non-hydrogen) atoms. The smallest absolute Gasteiger partial charge is 0.162 e. The summed E-state index contributed by atoms with van der Waals surface area (Å²) in [4.78, 5) is 8.83.